The van der Waals surface area contributed by atoms with Gasteiger partial charge in [0.1, 0.15) is 0 Å². The Balaban J connectivity index is 2.35. The number of hydrogen-bond acceptors (Lipinski definition) is 2. The molecular weight excluding hydrogens is 160 g/mol. The highest BCUT2D eigenvalue weighted by atomic mass is 15.1. The van der Waals surface area contributed by atoms with Crippen molar-refractivity contribution in [1.82, 2.24) is 10.2 Å². The van der Waals surface area contributed by atoms with Gasteiger partial charge in [0.05, 0.1) is 0 Å². The topological polar surface area (TPSA) is 15.3 Å². The van der Waals surface area contributed by atoms with Crippen molar-refractivity contribution in [3.05, 3.63) is 0 Å². The molecule has 0 unspecified atom stereocenters. The molecule has 2 atom stereocenters. The van der Waals surface area contributed by atoms with Gasteiger partial charge in [0.2, 0.25) is 0 Å². The average Bonchev–Trinajstić information content (AvgIpc) is 2.08. The van der Waals surface area contributed by atoms with E-state index in [4.69, 9.17) is 0 Å². The highest BCUT2D eigenvalue weighted by molar-refractivity contribution is 4.83. The van der Waals surface area contributed by atoms with Crippen LogP contribution >= 0.6 is 0 Å². The van der Waals surface area contributed by atoms with Gasteiger partial charge in [-0.25, -0.2) is 0 Å². The summed E-state index contributed by atoms with van der Waals surface area (Å²) in [4.78, 5) is 2.54. The van der Waals surface area contributed by atoms with Crippen molar-refractivity contribution >= 4 is 0 Å². The summed E-state index contributed by atoms with van der Waals surface area (Å²) < 4.78 is 0. The van der Waals surface area contributed by atoms with Gasteiger partial charge in [0.25, 0.3) is 0 Å². The Morgan fingerprint density at radius 1 is 1.46 bits per heavy atom. The minimum Gasteiger partial charge on any atom is -0.311 e. The molecule has 0 aromatic rings. The van der Waals surface area contributed by atoms with Crippen molar-refractivity contribution in [2.45, 2.75) is 46.2 Å². The summed E-state index contributed by atoms with van der Waals surface area (Å²) in [5.41, 5.74) is 0. The molecule has 1 heterocycles. The molecule has 0 saturated carbocycles. The van der Waals surface area contributed by atoms with Gasteiger partial charge in [-0.3, -0.25) is 0 Å². The largest absolute Gasteiger partial charge is 0.311 e. The Morgan fingerprint density at radius 2 is 2.15 bits per heavy atom. The Bertz CT molecular complexity index is 145. The summed E-state index contributed by atoms with van der Waals surface area (Å²) in [7, 11) is 0. The summed E-state index contributed by atoms with van der Waals surface area (Å²) in [5.74, 6) is 0.802. The molecule has 1 aliphatic rings. The molecule has 2 nitrogen and oxygen atoms in total. The van der Waals surface area contributed by atoms with Crippen LogP contribution in [-0.4, -0.2) is 36.6 Å². The van der Waals surface area contributed by atoms with E-state index in [1.54, 1.807) is 0 Å². The fourth-order valence-electron chi connectivity index (χ4n) is 2.19. The van der Waals surface area contributed by atoms with E-state index in [2.05, 4.69) is 37.9 Å². The minimum absolute atomic E-state index is 0.626. The van der Waals surface area contributed by atoms with E-state index in [1.807, 2.05) is 0 Å². The van der Waals surface area contributed by atoms with Gasteiger partial charge in [-0.2, -0.15) is 0 Å². The molecule has 1 aliphatic heterocycles. The molecular formula is C11H24N2. The van der Waals surface area contributed by atoms with Crippen LogP contribution in [0.3, 0.4) is 0 Å². The highest BCUT2D eigenvalue weighted by Crippen LogP contribution is 2.16. The molecule has 1 rings (SSSR count). The van der Waals surface area contributed by atoms with Crippen LogP contribution in [0.2, 0.25) is 0 Å². The van der Waals surface area contributed by atoms with Crippen molar-refractivity contribution < 1.29 is 0 Å². The lowest BCUT2D eigenvalue weighted by molar-refractivity contribution is 0.149. The molecule has 78 valence electrons. The average molecular weight is 184 g/mol. The summed E-state index contributed by atoms with van der Waals surface area (Å²) in [5, 5.41) is 3.65. The predicted octanol–water partition coefficient (Wildman–Crippen LogP) is 1.71. The third kappa shape index (κ3) is 3.28. The Labute approximate surface area is 82.7 Å². The molecule has 0 bridgehead atoms. The van der Waals surface area contributed by atoms with Gasteiger partial charge in [-0.15, -0.1) is 0 Å². The maximum atomic E-state index is 3.65. The Kier molecular flexibility index (Phi) is 4.20. The van der Waals surface area contributed by atoms with E-state index >= 15 is 0 Å². The maximum Gasteiger partial charge on any atom is 0.0119 e. The molecule has 0 radical (unpaired) electrons. The molecule has 0 aliphatic carbocycles. The molecule has 1 fully saturated rings. The molecule has 0 amide bonds. The second-order valence-corrected chi connectivity index (χ2v) is 4.59. The molecule has 1 saturated heterocycles. The zero-order valence-electron chi connectivity index (χ0n) is 9.51. The van der Waals surface area contributed by atoms with Gasteiger partial charge < -0.3 is 10.2 Å². The van der Waals surface area contributed by atoms with Crippen LogP contribution in [0.1, 0.15) is 34.1 Å². The van der Waals surface area contributed by atoms with Crippen molar-refractivity contribution in [3.63, 3.8) is 0 Å². The van der Waals surface area contributed by atoms with Crippen LogP contribution < -0.4 is 5.32 Å². The molecule has 0 aromatic carbocycles. The fraction of sp³-hybridized carbons (Fsp3) is 1.00. The first-order valence-electron chi connectivity index (χ1n) is 5.62. The van der Waals surface area contributed by atoms with Gasteiger partial charge >= 0.3 is 0 Å². The lowest BCUT2D eigenvalue weighted by Gasteiger charge is -2.37. The first kappa shape index (κ1) is 11.0. The van der Waals surface area contributed by atoms with Crippen molar-refractivity contribution in [1.29, 1.82) is 0 Å². The normalized spacial score (nSPS) is 31.2. The fourth-order valence-corrected chi connectivity index (χ4v) is 2.19. The van der Waals surface area contributed by atoms with Crippen molar-refractivity contribution in [3.8, 4) is 0 Å². The summed E-state index contributed by atoms with van der Waals surface area (Å²) in [6, 6.07) is 1.36. The standard InChI is InChI=1S/C11H24N2/c1-5-13-7-6-11(10(4)8-13)12-9(2)3/h9-12H,5-8H2,1-4H3/t10-,11+/m1/s1. The minimum atomic E-state index is 0.626. The zero-order chi connectivity index (χ0) is 9.84. The molecule has 0 aromatic heterocycles. The Hall–Kier alpha value is -0.0800. The van der Waals surface area contributed by atoms with E-state index in [0.717, 1.165) is 12.0 Å². The van der Waals surface area contributed by atoms with Crippen LogP contribution in [0.4, 0.5) is 0 Å². The van der Waals surface area contributed by atoms with Gasteiger partial charge in [-0.05, 0) is 25.4 Å². The molecule has 2 heteroatoms. The van der Waals surface area contributed by atoms with E-state index in [9.17, 15) is 0 Å². The van der Waals surface area contributed by atoms with Crippen LogP contribution in [0, 0.1) is 5.92 Å². The van der Waals surface area contributed by atoms with Gasteiger partial charge in [-0.1, -0.05) is 27.7 Å². The van der Waals surface area contributed by atoms with E-state index in [-0.39, 0.29) is 0 Å². The summed E-state index contributed by atoms with van der Waals surface area (Å²) in [6.07, 6.45) is 1.31. The predicted molar refractivity (Wildman–Crippen MR) is 58.0 cm³/mol. The van der Waals surface area contributed by atoms with E-state index in [0.29, 0.717) is 6.04 Å². The van der Waals surface area contributed by atoms with Crippen LogP contribution in [-0.2, 0) is 0 Å². The molecule has 1 N–H and O–H groups in total. The highest BCUT2D eigenvalue weighted by Gasteiger charge is 2.24. The lowest BCUT2D eigenvalue weighted by Crippen LogP contribution is -2.49. The third-order valence-corrected chi connectivity index (χ3v) is 2.98. The SMILES string of the molecule is CCN1CC[C@H](NC(C)C)[C@H](C)C1. The Morgan fingerprint density at radius 3 is 2.62 bits per heavy atom. The summed E-state index contributed by atoms with van der Waals surface area (Å²) in [6.45, 7) is 12.8. The first-order chi connectivity index (χ1) is 6.13. The van der Waals surface area contributed by atoms with E-state index in [1.165, 1.54) is 26.1 Å². The van der Waals surface area contributed by atoms with E-state index < -0.39 is 0 Å². The zero-order valence-corrected chi connectivity index (χ0v) is 9.51. The number of hydrogen-bond donors (Lipinski definition) is 1. The number of likely N-dealkylation sites (tertiary alicyclic amines) is 1. The van der Waals surface area contributed by atoms with Crippen LogP contribution in [0.5, 0.6) is 0 Å². The monoisotopic (exact) mass is 184 g/mol. The quantitative estimate of drug-likeness (QED) is 0.718. The lowest BCUT2D eigenvalue weighted by atomic mass is 9.93. The van der Waals surface area contributed by atoms with Crippen LogP contribution in [0.25, 0.3) is 0 Å². The van der Waals surface area contributed by atoms with Gasteiger partial charge in [0, 0.05) is 18.6 Å². The smallest absolute Gasteiger partial charge is 0.0119 e. The van der Waals surface area contributed by atoms with Crippen molar-refractivity contribution in [2.24, 2.45) is 5.92 Å². The summed E-state index contributed by atoms with van der Waals surface area (Å²) >= 11 is 0. The number of nitrogens with zero attached hydrogens (tertiary/aromatic N) is 1. The molecule has 13 heavy (non-hydrogen) atoms. The third-order valence-electron chi connectivity index (χ3n) is 2.98. The second-order valence-electron chi connectivity index (χ2n) is 4.59. The maximum absolute atomic E-state index is 3.65. The number of piperidine rings is 1. The van der Waals surface area contributed by atoms with Crippen LogP contribution in [0.15, 0.2) is 0 Å². The number of rotatable bonds is 3. The molecule has 0 spiro atoms. The first-order valence-corrected chi connectivity index (χ1v) is 5.62. The van der Waals surface area contributed by atoms with Crippen molar-refractivity contribution in [2.75, 3.05) is 19.6 Å². The second kappa shape index (κ2) is 4.97. The number of nitrogens with one attached hydrogen (secondary N) is 1. The van der Waals surface area contributed by atoms with Gasteiger partial charge in [0.15, 0.2) is 0 Å².